The number of aliphatic hydroxyl groups excluding tert-OH is 1. The van der Waals surface area contributed by atoms with E-state index in [-0.39, 0.29) is 19.8 Å². The van der Waals surface area contributed by atoms with Gasteiger partial charge in [0.2, 0.25) is 0 Å². The van der Waals surface area contributed by atoms with E-state index in [4.69, 9.17) is 9.84 Å². The summed E-state index contributed by atoms with van der Waals surface area (Å²) < 4.78 is 4.73. The van der Waals surface area contributed by atoms with Crippen LogP contribution in [0.25, 0.3) is 0 Å². The van der Waals surface area contributed by atoms with Gasteiger partial charge < -0.3 is 15.2 Å². The fourth-order valence-corrected chi connectivity index (χ4v) is 1.55. The molecule has 0 fully saturated rings. The molecule has 5 heteroatoms. The van der Waals surface area contributed by atoms with Gasteiger partial charge in [0, 0.05) is 5.56 Å². The molecule has 0 aliphatic carbocycles. The molecule has 0 bridgehead atoms. The molecule has 1 rings (SSSR count). The molecule has 0 heterocycles. The number of hydrogen-bond acceptors (Lipinski definition) is 4. The van der Waals surface area contributed by atoms with Gasteiger partial charge in [-0.2, -0.15) is 0 Å². The van der Waals surface area contributed by atoms with Crippen LogP contribution in [0.15, 0.2) is 18.2 Å². The first kappa shape index (κ1) is 15.7. The maximum Gasteiger partial charge on any atom is 0.325 e. The molecular formula is C15H17NO4. The first-order chi connectivity index (χ1) is 9.58. The van der Waals surface area contributed by atoms with Crippen molar-refractivity contribution < 1.29 is 19.4 Å². The molecule has 0 saturated heterocycles. The number of esters is 1. The third-order valence-electron chi connectivity index (χ3n) is 2.42. The van der Waals surface area contributed by atoms with Crippen molar-refractivity contribution >= 4 is 11.9 Å². The Kier molecular flexibility index (Phi) is 6.27. The molecule has 0 aliphatic rings. The Morgan fingerprint density at radius 3 is 2.80 bits per heavy atom. The van der Waals surface area contributed by atoms with E-state index in [1.807, 2.05) is 6.92 Å². The highest BCUT2D eigenvalue weighted by molar-refractivity contribution is 5.98. The van der Waals surface area contributed by atoms with Gasteiger partial charge in [0.25, 0.3) is 5.91 Å². The molecule has 0 radical (unpaired) electrons. The summed E-state index contributed by atoms with van der Waals surface area (Å²) in [6, 6.07) is 5.17. The monoisotopic (exact) mass is 275 g/mol. The number of carbonyl (C=O) groups excluding carboxylic acids is 2. The van der Waals surface area contributed by atoms with Gasteiger partial charge in [-0.25, -0.2) is 0 Å². The molecule has 106 valence electrons. The second-order valence-electron chi connectivity index (χ2n) is 4.00. The first-order valence-corrected chi connectivity index (χ1v) is 6.22. The van der Waals surface area contributed by atoms with Crippen molar-refractivity contribution in [1.29, 1.82) is 0 Å². The number of hydrogen-bond donors (Lipinski definition) is 2. The van der Waals surface area contributed by atoms with Crippen LogP contribution in [0.2, 0.25) is 0 Å². The van der Waals surface area contributed by atoms with Crippen LogP contribution in [-0.2, 0) is 9.53 Å². The molecule has 1 aromatic rings. The molecule has 1 aromatic carbocycles. The number of carbonyl (C=O) groups is 2. The molecule has 20 heavy (non-hydrogen) atoms. The average Bonchev–Trinajstić information content (AvgIpc) is 2.43. The van der Waals surface area contributed by atoms with Crippen molar-refractivity contribution in [3.63, 3.8) is 0 Å². The van der Waals surface area contributed by atoms with Crippen molar-refractivity contribution in [2.45, 2.75) is 13.8 Å². The van der Waals surface area contributed by atoms with Gasteiger partial charge in [0.05, 0.1) is 12.2 Å². The standard InChI is InChI=1S/C15H17NO4/c1-3-20-14(18)10-16-15(19)13-7-6-11(2)9-12(13)5-4-8-17/h6-7,9,17H,3,8,10H2,1-2H3,(H,16,19). The van der Waals surface area contributed by atoms with Gasteiger partial charge in [-0.15, -0.1) is 0 Å². The number of amides is 1. The number of rotatable bonds is 4. The molecule has 0 aromatic heterocycles. The van der Waals surface area contributed by atoms with E-state index in [0.29, 0.717) is 11.1 Å². The summed E-state index contributed by atoms with van der Waals surface area (Å²) in [5, 5.41) is 11.2. The van der Waals surface area contributed by atoms with Gasteiger partial charge in [0.1, 0.15) is 13.2 Å². The highest BCUT2D eigenvalue weighted by Gasteiger charge is 2.12. The number of aryl methyl sites for hydroxylation is 1. The van der Waals surface area contributed by atoms with Crippen molar-refractivity contribution in [3.05, 3.63) is 34.9 Å². The van der Waals surface area contributed by atoms with E-state index >= 15 is 0 Å². The number of aliphatic hydroxyl groups is 1. The molecule has 1 amide bonds. The molecular weight excluding hydrogens is 258 g/mol. The van der Waals surface area contributed by atoms with Gasteiger partial charge in [-0.3, -0.25) is 9.59 Å². The van der Waals surface area contributed by atoms with Crippen molar-refractivity contribution in [3.8, 4) is 11.8 Å². The Morgan fingerprint density at radius 1 is 1.40 bits per heavy atom. The number of ether oxygens (including phenoxy) is 1. The van der Waals surface area contributed by atoms with Crippen molar-refractivity contribution in [1.82, 2.24) is 5.32 Å². The zero-order valence-corrected chi connectivity index (χ0v) is 11.5. The lowest BCUT2D eigenvalue weighted by molar-refractivity contribution is -0.141. The van der Waals surface area contributed by atoms with E-state index in [1.165, 1.54) is 0 Å². The normalized spacial score (nSPS) is 9.35. The lowest BCUT2D eigenvalue weighted by atomic mass is 10.0. The molecule has 2 N–H and O–H groups in total. The van der Waals surface area contributed by atoms with Crippen LogP contribution in [0.4, 0.5) is 0 Å². The largest absolute Gasteiger partial charge is 0.465 e. The van der Waals surface area contributed by atoms with Crippen LogP contribution in [-0.4, -0.2) is 36.7 Å². The molecule has 0 atom stereocenters. The predicted octanol–water partition coefficient (Wildman–Crippen LogP) is 0.632. The maximum absolute atomic E-state index is 12.0. The van der Waals surface area contributed by atoms with Crippen LogP contribution >= 0.6 is 0 Å². The van der Waals surface area contributed by atoms with Crippen LogP contribution in [0, 0.1) is 18.8 Å². The van der Waals surface area contributed by atoms with Crippen molar-refractivity contribution in [2.75, 3.05) is 19.8 Å². The summed E-state index contributed by atoms with van der Waals surface area (Å²) in [6.45, 7) is 3.38. The molecule has 0 unspecified atom stereocenters. The lowest BCUT2D eigenvalue weighted by Crippen LogP contribution is -2.31. The fourth-order valence-electron chi connectivity index (χ4n) is 1.55. The van der Waals surface area contributed by atoms with Crippen LogP contribution in [0.5, 0.6) is 0 Å². The van der Waals surface area contributed by atoms with Gasteiger partial charge in [0.15, 0.2) is 0 Å². The Morgan fingerprint density at radius 2 is 2.15 bits per heavy atom. The Balaban J connectivity index is 2.84. The second kappa shape index (κ2) is 7.97. The highest BCUT2D eigenvalue weighted by atomic mass is 16.5. The minimum atomic E-state index is -0.490. The first-order valence-electron chi connectivity index (χ1n) is 6.22. The quantitative estimate of drug-likeness (QED) is 0.624. The summed E-state index contributed by atoms with van der Waals surface area (Å²) in [7, 11) is 0. The average molecular weight is 275 g/mol. The third-order valence-corrected chi connectivity index (χ3v) is 2.42. The molecule has 0 aliphatic heterocycles. The highest BCUT2D eigenvalue weighted by Crippen LogP contribution is 2.10. The number of benzene rings is 1. The summed E-state index contributed by atoms with van der Waals surface area (Å²) in [4.78, 5) is 23.2. The van der Waals surface area contributed by atoms with E-state index in [2.05, 4.69) is 17.2 Å². The molecule has 0 spiro atoms. The second-order valence-corrected chi connectivity index (χ2v) is 4.00. The van der Waals surface area contributed by atoms with Gasteiger partial charge >= 0.3 is 5.97 Å². The van der Waals surface area contributed by atoms with Gasteiger partial charge in [-0.1, -0.05) is 17.9 Å². The van der Waals surface area contributed by atoms with Crippen LogP contribution in [0.3, 0.4) is 0 Å². The SMILES string of the molecule is CCOC(=O)CNC(=O)c1ccc(C)cc1C#CCO. The summed E-state index contributed by atoms with van der Waals surface area (Å²) in [5.41, 5.74) is 1.83. The Hall–Kier alpha value is -2.32. The van der Waals surface area contributed by atoms with Crippen LogP contribution < -0.4 is 5.32 Å². The smallest absolute Gasteiger partial charge is 0.325 e. The third kappa shape index (κ3) is 4.75. The Labute approximate surface area is 117 Å². The fraction of sp³-hybridized carbons (Fsp3) is 0.333. The van der Waals surface area contributed by atoms with E-state index in [1.54, 1.807) is 25.1 Å². The van der Waals surface area contributed by atoms with Gasteiger partial charge in [-0.05, 0) is 31.5 Å². The van der Waals surface area contributed by atoms with E-state index < -0.39 is 11.9 Å². The minimum absolute atomic E-state index is 0.187. The zero-order chi connectivity index (χ0) is 15.0. The predicted molar refractivity (Wildman–Crippen MR) is 74.1 cm³/mol. The number of nitrogens with one attached hydrogen (secondary N) is 1. The maximum atomic E-state index is 12.0. The lowest BCUT2D eigenvalue weighted by Gasteiger charge is -2.07. The van der Waals surface area contributed by atoms with Crippen molar-refractivity contribution in [2.24, 2.45) is 0 Å². The summed E-state index contributed by atoms with van der Waals surface area (Å²) in [6.07, 6.45) is 0. The molecule has 5 nitrogen and oxygen atoms in total. The minimum Gasteiger partial charge on any atom is -0.465 e. The van der Waals surface area contributed by atoms with E-state index in [0.717, 1.165) is 5.56 Å². The topological polar surface area (TPSA) is 75.6 Å². The van der Waals surface area contributed by atoms with E-state index in [9.17, 15) is 9.59 Å². The molecule has 0 saturated carbocycles. The van der Waals surface area contributed by atoms with Crippen LogP contribution in [0.1, 0.15) is 28.4 Å². The Bertz CT molecular complexity index is 555. The zero-order valence-electron chi connectivity index (χ0n) is 11.5. The summed E-state index contributed by atoms with van der Waals surface area (Å²) >= 11 is 0. The summed E-state index contributed by atoms with van der Waals surface area (Å²) in [5.74, 6) is 4.33.